The average molecular weight is 274 g/mol. The lowest BCUT2D eigenvalue weighted by atomic mass is 9.97. The second-order valence-electron chi connectivity index (χ2n) is 6.68. The smallest absolute Gasteiger partial charge is 0.0218 e. The van der Waals surface area contributed by atoms with Crippen LogP contribution in [0, 0.1) is 5.92 Å². The second-order valence-corrected chi connectivity index (χ2v) is 6.68. The maximum Gasteiger partial charge on any atom is 0.0218 e. The van der Waals surface area contributed by atoms with Crippen molar-refractivity contribution < 1.29 is 0 Å². The molecule has 0 amide bonds. The molecule has 0 bridgehead atoms. The Kier molecular flexibility index (Phi) is 5.62. The molecule has 2 nitrogen and oxygen atoms in total. The van der Waals surface area contributed by atoms with Gasteiger partial charge in [0.15, 0.2) is 0 Å². The number of benzene rings is 1. The zero-order valence-electron chi connectivity index (χ0n) is 13.5. The Labute approximate surface area is 124 Å². The predicted molar refractivity (Wildman–Crippen MR) is 87.0 cm³/mol. The Balaban J connectivity index is 1.88. The molecule has 0 spiro atoms. The van der Waals surface area contributed by atoms with Crippen molar-refractivity contribution in [2.45, 2.75) is 58.7 Å². The number of nitrogens with one attached hydrogen (secondary N) is 1. The summed E-state index contributed by atoms with van der Waals surface area (Å²) >= 11 is 0. The summed E-state index contributed by atoms with van der Waals surface area (Å²) in [6.07, 6.45) is 2.43. The van der Waals surface area contributed by atoms with Gasteiger partial charge >= 0.3 is 0 Å². The number of hydrogen-bond donors (Lipinski definition) is 1. The molecule has 112 valence electrons. The lowest BCUT2D eigenvalue weighted by molar-refractivity contribution is 0.0816. The van der Waals surface area contributed by atoms with Crippen LogP contribution in [0.2, 0.25) is 0 Å². The minimum absolute atomic E-state index is 0.644. The second kappa shape index (κ2) is 7.24. The van der Waals surface area contributed by atoms with Crippen LogP contribution in [0.5, 0.6) is 0 Å². The molecule has 1 saturated heterocycles. The fourth-order valence-electron chi connectivity index (χ4n) is 3.16. The van der Waals surface area contributed by atoms with E-state index in [-0.39, 0.29) is 0 Å². The van der Waals surface area contributed by atoms with Crippen LogP contribution >= 0.6 is 0 Å². The molecular weight excluding hydrogens is 244 g/mol. The van der Waals surface area contributed by atoms with Gasteiger partial charge in [-0.1, -0.05) is 44.2 Å². The quantitative estimate of drug-likeness (QED) is 0.886. The third-order valence-corrected chi connectivity index (χ3v) is 4.71. The molecule has 1 N–H and O–H groups in total. The van der Waals surface area contributed by atoms with Gasteiger partial charge in [-0.05, 0) is 38.2 Å². The SMILES string of the molecule is CC(C)C1CN(C(C)CCc2ccccc2)C(C)CN1. The van der Waals surface area contributed by atoms with E-state index in [4.69, 9.17) is 0 Å². The highest BCUT2D eigenvalue weighted by Crippen LogP contribution is 2.18. The Bertz CT molecular complexity index is 388. The first-order chi connectivity index (χ1) is 9.58. The molecule has 2 rings (SSSR count). The van der Waals surface area contributed by atoms with Gasteiger partial charge in [-0.15, -0.1) is 0 Å². The van der Waals surface area contributed by atoms with Gasteiger partial charge < -0.3 is 5.32 Å². The third-order valence-electron chi connectivity index (χ3n) is 4.71. The van der Waals surface area contributed by atoms with E-state index < -0.39 is 0 Å². The van der Waals surface area contributed by atoms with E-state index in [1.807, 2.05) is 0 Å². The molecule has 0 radical (unpaired) electrons. The van der Waals surface area contributed by atoms with Crippen molar-refractivity contribution in [2.24, 2.45) is 5.92 Å². The van der Waals surface area contributed by atoms with Crippen molar-refractivity contribution in [1.82, 2.24) is 10.2 Å². The molecule has 2 heteroatoms. The van der Waals surface area contributed by atoms with Crippen molar-refractivity contribution in [3.63, 3.8) is 0 Å². The topological polar surface area (TPSA) is 15.3 Å². The van der Waals surface area contributed by atoms with Crippen molar-refractivity contribution >= 4 is 0 Å². The van der Waals surface area contributed by atoms with E-state index in [9.17, 15) is 0 Å². The van der Waals surface area contributed by atoms with Crippen molar-refractivity contribution in [2.75, 3.05) is 13.1 Å². The first-order valence-electron chi connectivity index (χ1n) is 8.11. The molecule has 1 aliphatic rings. The van der Waals surface area contributed by atoms with Gasteiger partial charge in [0.2, 0.25) is 0 Å². The number of aryl methyl sites for hydroxylation is 1. The van der Waals surface area contributed by atoms with E-state index >= 15 is 0 Å². The predicted octanol–water partition coefficient (Wildman–Crippen LogP) is 3.33. The van der Waals surface area contributed by atoms with Crippen LogP contribution < -0.4 is 5.32 Å². The standard InChI is InChI=1S/C18H30N2/c1-14(2)18-13-20(16(4)12-19-18)15(3)10-11-17-8-6-5-7-9-17/h5-9,14-16,18-19H,10-13H2,1-4H3. The summed E-state index contributed by atoms with van der Waals surface area (Å²) in [7, 11) is 0. The van der Waals surface area contributed by atoms with Gasteiger partial charge in [0, 0.05) is 31.2 Å². The molecule has 0 saturated carbocycles. The van der Waals surface area contributed by atoms with E-state index in [2.05, 4.69) is 68.2 Å². The van der Waals surface area contributed by atoms with E-state index in [0.717, 1.165) is 6.54 Å². The third kappa shape index (κ3) is 4.07. The van der Waals surface area contributed by atoms with Crippen molar-refractivity contribution in [3.05, 3.63) is 35.9 Å². The fourth-order valence-corrected chi connectivity index (χ4v) is 3.16. The maximum absolute atomic E-state index is 3.69. The highest BCUT2D eigenvalue weighted by atomic mass is 15.2. The Morgan fingerprint density at radius 2 is 1.90 bits per heavy atom. The molecule has 0 aromatic heterocycles. The molecule has 1 heterocycles. The number of rotatable bonds is 5. The summed E-state index contributed by atoms with van der Waals surface area (Å²) in [5, 5.41) is 3.69. The van der Waals surface area contributed by atoms with Gasteiger partial charge in [0.05, 0.1) is 0 Å². The number of nitrogens with zero attached hydrogens (tertiary/aromatic N) is 1. The van der Waals surface area contributed by atoms with Crippen LogP contribution in [0.15, 0.2) is 30.3 Å². The summed E-state index contributed by atoms with van der Waals surface area (Å²) in [6.45, 7) is 11.7. The first kappa shape index (κ1) is 15.5. The molecule has 1 fully saturated rings. The average Bonchev–Trinajstić information content (AvgIpc) is 2.46. The van der Waals surface area contributed by atoms with Crippen LogP contribution in [0.3, 0.4) is 0 Å². The van der Waals surface area contributed by atoms with E-state index in [1.54, 1.807) is 0 Å². The molecule has 0 aliphatic carbocycles. The first-order valence-corrected chi connectivity index (χ1v) is 8.11. The van der Waals surface area contributed by atoms with Gasteiger partial charge in [0.25, 0.3) is 0 Å². The van der Waals surface area contributed by atoms with E-state index in [1.165, 1.54) is 24.9 Å². The van der Waals surface area contributed by atoms with Crippen LogP contribution in [-0.4, -0.2) is 36.1 Å². The van der Waals surface area contributed by atoms with E-state index in [0.29, 0.717) is 24.0 Å². The summed E-state index contributed by atoms with van der Waals surface area (Å²) in [6, 6.07) is 12.8. The summed E-state index contributed by atoms with van der Waals surface area (Å²) in [5.41, 5.74) is 1.46. The monoisotopic (exact) mass is 274 g/mol. The molecule has 3 atom stereocenters. The molecule has 20 heavy (non-hydrogen) atoms. The fraction of sp³-hybridized carbons (Fsp3) is 0.667. The lowest BCUT2D eigenvalue weighted by Crippen LogP contribution is -2.59. The zero-order valence-corrected chi connectivity index (χ0v) is 13.5. The molecule has 1 aromatic carbocycles. The molecule has 3 unspecified atom stereocenters. The van der Waals surface area contributed by atoms with Gasteiger partial charge in [-0.25, -0.2) is 0 Å². The minimum Gasteiger partial charge on any atom is -0.311 e. The van der Waals surface area contributed by atoms with Crippen LogP contribution in [0.4, 0.5) is 0 Å². The molecule has 1 aliphatic heterocycles. The Morgan fingerprint density at radius 3 is 2.55 bits per heavy atom. The number of hydrogen-bond acceptors (Lipinski definition) is 2. The highest BCUT2D eigenvalue weighted by molar-refractivity contribution is 5.14. The maximum atomic E-state index is 3.69. The summed E-state index contributed by atoms with van der Waals surface area (Å²) in [4.78, 5) is 2.70. The number of piperazine rings is 1. The van der Waals surface area contributed by atoms with Crippen molar-refractivity contribution in [3.8, 4) is 0 Å². The summed E-state index contributed by atoms with van der Waals surface area (Å²) in [5.74, 6) is 0.714. The van der Waals surface area contributed by atoms with Gasteiger partial charge in [0.1, 0.15) is 0 Å². The van der Waals surface area contributed by atoms with Crippen LogP contribution in [-0.2, 0) is 6.42 Å². The Morgan fingerprint density at radius 1 is 1.20 bits per heavy atom. The Hall–Kier alpha value is -0.860. The van der Waals surface area contributed by atoms with Crippen LogP contribution in [0.25, 0.3) is 0 Å². The van der Waals surface area contributed by atoms with Crippen LogP contribution in [0.1, 0.15) is 39.7 Å². The summed E-state index contributed by atoms with van der Waals surface area (Å²) < 4.78 is 0. The van der Waals surface area contributed by atoms with Gasteiger partial charge in [-0.3, -0.25) is 4.90 Å². The minimum atomic E-state index is 0.644. The normalized spacial score (nSPS) is 25.9. The molecular formula is C18H30N2. The highest BCUT2D eigenvalue weighted by Gasteiger charge is 2.29. The molecule has 1 aromatic rings. The largest absolute Gasteiger partial charge is 0.311 e. The lowest BCUT2D eigenvalue weighted by Gasteiger charge is -2.43. The van der Waals surface area contributed by atoms with Crippen molar-refractivity contribution in [1.29, 1.82) is 0 Å². The zero-order chi connectivity index (χ0) is 14.5. The van der Waals surface area contributed by atoms with Gasteiger partial charge in [-0.2, -0.15) is 0 Å².